The third kappa shape index (κ3) is 3.46. The molecule has 0 unspecified atom stereocenters. The quantitative estimate of drug-likeness (QED) is 0.142. The fourth-order valence-electron chi connectivity index (χ4n) is 7.68. The molecule has 0 atom stereocenters. The Morgan fingerprint density at radius 1 is 0.375 bits per heavy atom. The molecule has 0 aliphatic heterocycles. The van der Waals surface area contributed by atoms with Crippen LogP contribution in [0.15, 0.2) is 166 Å². The number of hydrogen-bond acceptors (Lipinski definition) is 2. The molecule has 0 aliphatic carbocycles. The Bertz CT molecular complexity index is 3500. The molecule has 0 N–H and O–H groups in total. The van der Waals surface area contributed by atoms with Crippen molar-refractivity contribution in [3.8, 4) is 22.3 Å². The van der Waals surface area contributed by atoms with E-state index < -0.39 is 24.2 Å². The van der Waals surface area contributed by atoms with Crippen LogP contribution in [0.25, 0.3) is 109 Å². The van der Waals surface area contributed by atoms with Gasteiger partial charge in [0, 0.05) is 21.5 Å². The average Bonchev–Trinajstić information content (AvgIpc) is 3.79. The van der Waals surface area contributed by atoms with Crippen molar-refractivity contribution in [1.82, 2.24) is 0 Å². The minimum Gasteiger partial charge on any atom is -0.456 e. The molecule has 2 aromatic heterocycles. The van der Waals surface area contributed by atoms with E-state index in [2.05, 4.69) is 0 Å². The van der Waals surface area contributed by atoms with Crippen LogP contribution in [0.1, 0.15) is 11.0 Å². The van der Waals surface area contributed by atoms with Crippen molar-refractivity contribution < 1.29 is 19.8 Å². The number of hydrogen-bond donors (Lipinski definition) is 0. The highest BCUT2D eigenvalue weighted by molar-refractivity contribution is 6.27. The Morgan fingerprint density at radius 2 is 0.958 bits per heavy atom. The summed E-state index contributed by atoms with van der Waals surface area (Å²) in [4.78, 5) is 0. The second kappa shape index (κ2) is 9.57. The van der Waals surface area contributed by atoms with Gasteiger partial charge in [0.15, 0.2) is 0 Å². The molecule has 0 bridgehead atoms. The van der Waals surface area contributed by atoms with E-state index in [-0.39, 0.29) is 51.3 Å². The molecule has 2 heteroatoms. The summed E-state index contributed by atoms with van der Waals surface area (Å²) in [5.41, 5.74) is 4.26. The van der Waals surface area contributed by atoms with E-state index in [1.807, 2.05) is 103 Å². The Hall–Kier alpha value is -6.38. The fraction of sp³-hybridized carbons (Fsp3) is 0. The molecule has 11 rings (SSSR count). The number of benzene rings is 9. The van der Waals surface area contributed by atoms with Crippen molar-refractivity contribution in [3.63, 3.8) is 0 Å². The first-order valence-electron chi connectivity index (χ1n) is 19.8. The fourth-order valence-corrected chi connectivity index (χ4v) is 7.68. The molecule has 2 nitrogen and oxygen atoms in total. The van der Waals surface area contributed by atoms with Crippen LogP contribution < -0.4 is 0 Å². The molecule has 0 spiro atoms. The molecule has 9 aromatic carbocycles. The summed E-state index contributed by atoms with van der Waals surface area (Å²) in [5, 5.41) is 7.86. The Morgan fingerprint density at radius 3 is 1.71 bits per heavy atom. The average molecular weight is 619 g/mol. The summed E-state index contributed by atoms with van der Waals surface area (Å²) in [6, 6.07) is 31.7. The van der Waals surface area contributed by atoms with Gasteiger partial charge in [0.1, 0.15) is 22.3 Å². The van der Waals surface area contributed by atoms with Crippen molar-refractivity contribution in [2.45, 2.75) is 0 Å². The van der Waals surface area contributed by atoms with Gasteiger partial charge in [-0.05, 0) is 95.7 Å². The molecule has 0 fully saturated rings. The van der Waals surface area contributed by atoms with Gasteiger partial charge < -0.3 is 8.83 Å². The van der Waals surface area contributed by atoms with Gasteiger partial charge in [-0.25, -0.2) is 0 Å². The molecule has 2 heterocycles. The molecule has 0 amide bonds. The van der Waals surface area contributed by atoms with E-state index in [4.69, 9.17) is 14.3 Å². The van der Waals surface area contributed by atoms with Gasteiger partial charge in [-0.2, -0.15) is 0 Å². The van der Waals surface area contributed by atoms with Gasteiger partial charge in [0.25, 0.3) is 0 Å². The summed E-state index contributed by atoms with van der Waals surface area (Å²) in [5.74, 6) is 0. The topological polar surface area (TPSA) is 26.3 Å². The number of para-hydroxylation sites is 1. The minimum absolute atomic E-state index is 0.153. The largest absolute Gasteiger partial charge is 0.456 e. The molecular formula is C46H26O2. The zero-order valence-corrected chi connectivity index (χ0v) is 25.2. The first-order chi connectivity index (χ1) is 27.1. The Kier molecular flexibility index (Phi) is 3.85. The van der Waals surface area contributed by atoms with Gasteiger partial charge in [0.2, 0.25) is 0 Å². The van der Waals surface area contributed by atoms with Crippen LogP contribution in [-0.4, -0.2) is 0 Å². The Balaban J connectivity index is 1.33. The number of furan rings is 2. The molecule has 48 heavy (non-hydrogen) atoms. The molecule has 0 radical (unpaired) electrons. The first-order valence-corrected chi connectivity index (χ1v) is 15.8. The lowest BCUT2D eigenvalue weighted by atomic mass is 9.84. The van der Waals surface area contributed by atoms with Gasteiger partial charge in [-0.3, -0.25) is 0 Å². The summed E-state index contributed by atoms with van der Waals surface area (Å²) in [6.07, 6.45) is 0. The predicted octanol–water partition coefficient (Wildman–Crippen LogP) is 13.4. The second-order valence-corrected chi connectivity index (χ2v) is 12.2. The summed E-state index contributed by atoms with van der Waals surface area (Å²) >= 11 is 0. The lowest BCUT2D eigenvalue weighted by Crippen LogP contribution is -1.91. The van der Waals surface area contributed by atoms with Gasteiger partial charge >= 0.3 is 0 Å². The van der Waals surface area contributed by atoms with E-state index in [9.17, 15) is 5.48 Å². The normalized spacial score (nSPS) is 14.5. The van der Waals surface area contributed by atoms with E-state index in [1.54, 1.807) is 6.07 Å². The third-order valence-electron chi connectivity index (χ3n) is 9.70. The third-order valence-corrected chi connectivity index (χ3v) is 9.70. The standard InChI is InChI=1S/C46H26O2/c1-2-11-29-27(10-1)20-22-31-30(29)17-9-18-32(31)44-35-14-5-3-12-33(35)43(34-13-4-6-15-36(34)44)28-21-23-38-42(26-28)48-41-25-24-40-45(46(38)41)37-16-7-8-19-39(37)47-40/h1-26H/i3D,4D,5D,6D,12D,13D,14D,15D. The highest BCUT2D eigenvalue weighted by Gasteiger charge is 2.20. The van der Waals surface area contributed by atoms with E-state index in [0.29, 0.717) is 33.4 Å². The Labute approximate surface area is 286 Å². The highest BCUT2D eigenvalue weighted by atomic mass is 16.3. The molecule has 222 valence electrons. The van der Waals surface area contributed by atoms with Crippen LogP contribution >= 0.6 is 0 Å². The molecule has 0 aliphatic rings. The molecule has 0 saturated carbocycles. The van der Waals surface area contributed by atoms with Crippen LogP contribution in [-0.2, 0) is 0 Å². The summed E-state index contributed by atoms with van der Waals surface area (Å²) in [7, 11) is 0. The van der Waals surface area contributed by atoms with Crippen LogP contribution in [0.4, 0.5) is 0 Å². The van der Waals surface area contributed by atoms with Crippen molar-refractivity contribution in [1.29, 1.82) is 0 Å². The maximum atomic E-state index is 9.43. The summed E-state index contributed by atoms with van der Waals surface area (Å²) in [6.45, 7) is 0. The lowest BCUT2D eigenvalue weighted by molar-refractivity contribution is 0.663. The smallest absolute Gasteiger partial charge is 0.136 e. The molecule has 11 aromatic rings. The van der Waals surface area contributed by atoms with E-state index in [0.717, 1.165) is 48.7 Å². The highest BCUT2D eigenvalue weighted by Crippen LogP contribution is 2.47. The van der Waals surface area contributed by atoms with Crippen LogP contribution in [0.3, 0.4) is 0 Å². The lowest BCUT2D eigenvalue weighted by Gasteiger charge is -2.19. The maximum absolute atomic E-state index is 9.43. The van der Waals surface area contributed by atoms with E-state index in [1.165, 1.54) is 0 Å². The van der Waals surface area contributed by atoms with Crippen molar-refractivity contribution in [2.75, 3.05) is 0 Å². The van der Waals surface area contributed by atoms with E-state index >= 15 is 0 Å². The molecule has 0 saturated heterocycles. The number of rotatable bonds is 2. The number of fused-ring (bicyclic) bond motifs is 12. The zero-order chi connectivity index (χ0) is 38.3. The van der Waals surface area contributed by atoms with Gasteiger partial charge in [0.05, 0.1) is 11.0 Å². The molecular weight excluding hydrogens is 585 g/mol. The van der Waals surface area contributed by atoms with Crippen molar-refractivity contribution >= 4 is 87.0 Å². The minimum atomic E-state index is -0.446. The summed E-state index contributed by atoms with van der Waals surface area (Å²) < 4.78 is 85.8. The van der Waals surface area contributed by atoms with Gasteiger partial charge in [-0.15, -0.1) is 0 Å². The van der Waals surface area contributed by atoms with Crippen molar-refractivity contribution in [2.24, 2.45) is 0 Å². The van der Waals surface area contributed by atoms with Gasteiger partial charge in [-0.1, -0.05) is 127 Å². The predicted molar refractivity (Wildman–Crippen MR) is 202 cm³/mol. The monoisotopic (exact) mass is 618 g/mol. The maximum Gasteiger partial charge on any atom is 0.136 e. The van der Waals surface area contributed by atoms with Crippen LogP contribution in [0.5, 0.6) is 0 Å². The second-order valence-electron chi connectivity index (χ2n) is 12.2. The zero-order valence-electron chi connectivity index (χ0n) is 33.2. The van der Waals surface area contributed by atoms with Crippen molar-refractivity contribution in [3.05, 3.63) is 158 Å². The first kappa shape index (κ1) is 19.3. The SMILES string of the molecule is [2H]c1c([2H])c([2H])c2c(-c3cccc4c3ccc3ccccc34)c3c([2H])c([2H])c([2H])c([2H])c3c(-c3ccc4c(c3)oc3ccc5oc6ccccc6c5c34)c2c1[2H]. The van der Waals surface area contributed by atoms with Crippen LogP contribution in [0, 0.1) is 0 Å². The van der Waals surface area contributed by atoms with Crippen LogP contribution in [0.2, 0.25) is 0 Å².